The third-order valence-electron chi connectivity index (χ3n) is 4.99. The third-order valence-corrected chi connectivity index (χ3v) is 5.42. The van der Waals surface area contributed by atoms with E-state index < -0.39 is 23.4 Å². The fraction of sp³-hybridized carbons (Fsp3) is 0.278. The molecule has 2 aromatic heterocycles. The molecule has 30 heavy (non-hydrogen) atoms. The summed E-state index contributed by atoms with van der Waals surface area (Å²) in [6.07, 6.45) is -1.58. The van der Waals surface area contributed by atoms with E-state index in [1.807, 2.05) is 0 Å². The molecular weight excluding hydrogens is 444 g/mol. The first-order valence-corrected chi connectivity index (χ1v) is 9.49. The number of hydrogen-bond acceptors (Lipinski definition) is 4. The molecule has 1 aliphatic rings. The molecule has 0 bridgehead atoms. The Morgan fingerprint density at radius 1 is 1.23 bits per heavy atom. The van der Waals surface area contributed by atoms with Gasteiger partial charge in [0.2, 0.25) is 0 Å². The van der Waals surface area contributed by atoms with Crippen LogP contribution in [0.25, 0.3) is 10.9 Å². The standard InChI is InChI=1S/C18H15Cl2F3N6O/c19-10-1-2-13-12(3-10)14(4-15(27-13)18(21,22)23)25-7-17(8-28(9-17)16(24)30)29-6-11(20)5-26-29/h1-6H,7-9H2,(H2,24,30)(H,25,27). The van der Waals surface area contributed by atoms with Gasteiger partial charge in [0.1, 0.15) is 11.2 Å². The number of fused-ring (bicyclic) bond motifs is 1. The summed E-state index contributed by atoms with van der Waals surface area (Å²) in [5, 5.41) is 8.46. The van der Waals surface area contributed by atoms with Gasteiger partial charge in [0.15, 0.2) is 0 Å². The maximum absolute atomic E-state index is 13.3. The van der Waals surface area contributed by atoms with E-state index in [-0.39, 0.29) is 30.8 Å². The van der Waals surface area contributed by atoms with Crippen molar-refractivity contribution in [3.8, 4) is 0 Å². The smallest absolute Gasteiger partial charge is 0.382 e. The predicted octanol–water partition coefficient (Wildman–Crippen LogP) is 3.96. The lowest BCUT2D eigenvalue weighted by atomic mass is 9.89. The van der Waals surface area contributed by atoms with Gasteiger partial charge in [-0.05, 0) is 24.3 Å². The zero-order valence-electron chi connectivity index (χ0n) is 15.2. The minimum atomic E-state index is -4.61. The van der Waals surface area contributed by atoms with Gasteiger partial charge in [0.25, 0.3) is 0 Å². The van der Waals surface area contributed by atoms with Gasteiger partial charge in [-0.2, -0.15) is 18.3 Å². The average Bonchev–Trinajstić information content (AvgIpc) is 3.06. The van der Waals surface area contributed by atoms with E-state index in [1.54, 1.807) is 16.9 Å². The van der Waals surface area contributed by atoms with Crippen molar-refractivity contribution in [3.05, 3.63) is 52.4 Å². The van der Waals surface area contributed by atoms with Crippen LogP contribution in [0.2, 0.25) is 10.0 Å². The molecule has 0 spiro atoms. The van der Waals surface area contributed by atoms with E-state index in [1.165, 1.54) is 23.2 Å². The Labute approximate surface area is 178 Å². The predicted molar refractivity (Wildman–Crippen MR) is 107 cm³/mol. The molecule has 0 radical (unpaired) electrons. The zero-order chi connectivity index (χ0) is 21.7. The van der Waals surface area contributed by atoms with Crippen LogP contribution in [0, 0.1) is 0 Å². The first-order valence-electron chi connectivity index (χ1n) is 8.74. The fourth-order valence-electron chi connectivity index (χ4n) is 3.47. The van der Waals surface area contributed by atoms with E-state index in [4.69, 9.17) is 28.9 Å². The summed E-state index contributed by atoms with van der Waals surface area (Å²) in [4.78, 5) is 16.6. The van der Waals surface area contributed by atoms with Gasteiger partial charge in [-0.25, -0.2) is 9.78 Å². The van der Waals surface area contributed by atoms with Crippen LogP contribution < -0.4 is 11.1 Å². The van der Waals surface area contributed by atoms with Crippen LogP contribution in [0.5, 0.6) is 0 Å². The van der Waals surface area contributed by atoms with Gasteiger partial charge in [-0.15, -0.1) is 0 Å². The number of likely N-dealkylation sites (tertiary alicyclic amines) is 1. The highest BCUT2D eigenvalue weighted by Crippen LogP contribution is 2.36. The minimum Gasteiger partial charge on any atom is -0.382 e. The van der Waals surface area contributed by atoms with Gasteiger partial charge in [-0.3, -0.25) is 4.68 Å². The van der Waals surface area contributed by atoms with Gasteiger partial charge >= 0.3 is 12.2 Å². The zero-order valence-corrected chi connectivity index (χ0v) is 16.8. The Morgan fingerprint density at radius 3 is 2.57 bits per heavy atom. The summed E-state index contributed by atoms with van der Waals surface area (Å²) in [7, 11) is 0. The molecule has 1 aliphatic heterocycles. The highest BCUT2D eigenvalue weighted by Gasteiger charge is 2.47. The van der Waals surface area contributed by atoms with Crippen LogP contribution in [-0.2, 0) is 11.7 Å². The number of hydrogen-bond donors (Lipinski definition) is 2. The number of carbonyl (C=O) groups excluding carboxylic acids is 1. The van der Waals surface area contributed by atoms with Gasteiger partial charge in [0.05, 0.1) is 29.8 Å². The summed E-state index contributed by atoms with van der Waals surface area (Å²) in [6.45, 7) is 0.615. The number of primary amides is 1. The first kappa shape index (κ1) is 20.5. The molecule has 7 nitrogen and oxygen atoms in total. The summed E-state index contributed by atoms with van der Waals surface area (Å²) in [6, 6.07) is 4.79. The maximum Gasteiger partial charge on any atom is 0.433 e. The van der Waals surface area contributed by atoms with Crippen molar-refractivity contribution in [2.45, 2.75) is 11.7 Å². The molecule has 4 rings (SSSR count). The molecule has 0 aliphatic carbocycles. The highest BCUT2D eigenvalue weighted by atomic mass is 35.5. The summed E-state index contributed by atoms with van der Waals surface area (Å²) < 4.78 is 41.6. The van der Waals surface area contributed by atoms with Gasteiger partial charge in [-0.1, -0.05) is 23.2 Å². The lowest BCUT2D eigenvalue weighted by Gasteiger charge is -2.49. The molecule has 1 fully saturated rings. The average molecular weight is 459 g/mol. The molecule has 0 unspecified atom stereocenters. The van der Waals surface area contributed by atoms with Crippen LogP contribution in [0.1, 0.15) is 5.69 Å². The number of pyridine rings is 1. The molecule has 1 aromatic carbocycles. The van der Waals surface area contributed by atoms with Gasteiger partial charge < -0.3 is 16.0 Å². The third kappa shape index (κ3) is 3.72. The molecule has 0 atom stereocenters. The van der Waals surface area contributed by atoms with Crippen molar-refractivity contribution in [2.75, 3.05) is 25.0 Å². The lowest BCUT2D eigenvalue weighted by Crippen LogP contribution is -2.68. The number of amides is 2. The van der Waals surface area contributed by atoms with Crippen LogP contribution >= 0.6 is 23.2 Å². The molecule has 158 valence electrons. The lowest BCUT2D eigenvalue weighted by molar-refractivity contribution is -0.140. The monoisotopic (exact) mass is 458 g/mol. The van der Waals surface area contributed by atoms with Crippen LogP contribution in [-0.4, -0.2) is 45.3 Å². The Hall–Kier alpha value is -2.72. The minimum absolute atomic E-state index is 0.153. The summed E-state index contributed by atoms with van der Waals surface area (Å²) in [5.41, 5.74) is 3.94. The van der Waals surface area contributed by atoms with Crippen molar-refractivity contribution < 1.29 is 18.0 Å². The number of nitrogens with zero attached hydrogens (tertiary/aromatic N) is 4. The molecule has 3 N–H and O–H groups in total. The van der Waals surface area contributed by atoms with Crippen molar-refractivity contribution in [3.63, 3.8) is 0 Å². The van der Waals surface area contributed by atoms with Crippen molar-refractivity contribution in [2.24, 2.45) is 5.73 Å². The van der Waals surface area contributed by atoms with E-state index in [9.17, 15) is 18.0 Å². The molecule has 0 saturated carbocycles. The number of anilines is 1. The SMILES string of the molecule is NC(=O)N1CC(CNc2cc(C(F)(F)F)nc3ccc(Cl)cc23)(n2cc(Cl)cn2)C1. The van der Waals surface area contributed by atoms with E-state index in [0.29, 0.717) is 15.4 Å². The van der Waals surface area contributed by atoms with Gasteiger partial charge in [0, 0.05) is 28.8 Å². The van der Waals surface area contributed by atoms with Crippen molar-refractivity contribution in [1.29, 1.82) is 0 Å². The number of aromatic nitrogens is 3. The Balaban J connectivity index is 1.70. The molecule has 3 aromatic rings. The molecule has 3 heterocycles. The second kappa shape index (κ2) is 7.21. The van der Waals surface area contributed by atoms with Crippen LogP contribution in [0.4, 0.5) is 23.7 Å². The summed E-state index contributed by atoms with van der Waals surface area (Å²) in [5.74, 6) is 0. The number of benzene rings is 1. The van der Waals surface area contributed by atoms with E-state index >= 15 is 0 Å². The van der Waals surface area contributed by atoms with Crippen molar-refractivity contribution in [1.82, 2.24) is 19.7 Å². The Bertz CT molecular complexity index is 1130. The number of halogens is 5. The molecule has 2 amide bonds. The number of nitrogens with one attached hydrogen (secondary N) is 1. The van der Waals surface area contributed by atoms with Crippen LogP contribution in [0.3, 0.4) is 0 Å². The second-order valence-electron chi connectivity index (χ2n) is 7.09. The van der Waals surface area contributed by atoms with E-state index in [2.05, 4.69) is 15.4 Å². The molecule has 1 saturated heterocycles. The topological polar surface area (TPSA) is 89.1 Å². The number of nitrogens with two attached hydrogens (primary N) is 1. The molecular formula is C18H15Cl2F3N6O. The van der Waals surface area contributed by atoms with Crippen molar-refractivity contribution >= 4 is 45.8 Å². The second-order valence-corrected chi connectivity index (χ2v) is 7.96. The largest absolute Gasteiger partial charge is 0.433 e. The normalized spacial score (nSPS) is 15.8. The van der Waals surface area contributed by atoms with E-state index in [0.717, 1.165) is 6.07 Å². The number of urea groups is 1. The Kier molecular flexibility index (Phi) is 4.94. The fourth-order valence-corrected chi connectivity index (χ4v) is 3.78. The number of carbonyl (C=O) groups is 1. The first-order chi connectivity index (χ1) is 14.1. The summed E-state index contributed by atoms with van der Waals surface area (Å²) >= 11 is 12.0. The molecule has 12 heteroatoms. The maximum atomic E-state index is 13.3. The number of rotatable bonds is 4. The van der Waals surface area contributed by atoms with Crippen LogP contribution in [0.15, 0.2) is 36.7 Å². The Morgan fingerprint density at radius 2 is 1.97 bits per heavy atom. The highest BCUT2D eigenvalue weighted by molar-refractivity contribution is 6.31. The number of alkyl halides is 3. The quantitative estimate of drug-likeness (QED) is 0.619.